The number of ether oxygens (including phenoxy) is 1. The van der Waals surface area contributed by atoms with Crippen LogP contribution in [-0.4, -0.2) is 35.9 Å². The zero-order valence-corrected chi connectivity index (χ0v) is 11.4. The van der Waals surface area contributed by atoms with Crippen LogP contribution in [0.4, 0.5) is 0 Å². The van der Waals surface area contributed by atoms with Crippen LogP contribution in [0, 0.1) is 5.41 Å². The molecule has 1 aliphatic carbocycles. The van der Waals surface area contributed by atoms with Crippen molar-refractivity contribution in [3.05, 3.63) is 0 Å². The van der Waals surface area contributed by atoms with Gasteiger partial charge in [0.1, 0.15) is 0 Å². The predicted octanol–water partition coefficient (Wildman–Crippen LogP) is 2.18. The summed E-state index contributed by atoms with van der Waals surface area (Å²) in [6.45, 7) is 5.47. The highest BCUT2D eigenvalue weighted by molar-refractivity contribution is 5.72. The lowest BCUT2D eigenvalue weighted by Crippen LogP contribution is -2.39. The van der Waals surface area contributed by atoms with Crippen LogP contribution < -0.4 is 5.32 Å². The number of rotatable bonds is 4. The van der Waals surface area contributed by atoms with Gasteiger partial charge in [-0.15, -0.1) is 0 Å². The van der Waals surface area contributed by atoms with Gasteiger partial charge in [0.15, 0.2) is 6.10 Å². The van der Waals surface area contributed by atoms with Gasteiger partial charge in [-0.05, 0) is 43.9 Å². The number of nitrogens with one attached hydrogen (secondary N) is 1. The Bertz CT molecular complexity index is 293. The fraction of sp³-hybridized carbons (Fsp3) is 0.929. The zero-order chi connectivity index (χ0) is 13.2. The lowest BCUT2D eigenvalue weighted by Gasteiger charge is -2.35. The Labute approximate surface area is 109 Å². The summed E-state index contributed by atoms with van der Waals surface area (Å²) in [5.41, 5.74) is 0.496. The Morgan fingerprint density at radius 3 is 2.50 bits per heavy atom. The van der Waals surface area contributed by atoms with Gasteiger partial charge < -0.3 is 15.2 Å². The van der Waals surface area contributed by atoms with E-state index in [1.54, 1.807) is 0 Å². The third-order valence-electron chi connectivity index (χ3n) is 4.36. The van der Waals surface area contributed by atoms with Gasteiger partial charge in [0.25, 0.3) is 0 Å². The first-order valence-electron chi connectivity index (χ1n) is 7.08. The lowest BCUT2D eigenvalue weighted by atomic mass is 9.75. The van der Waals surface area contributed by atoms with E-state index < -0.39 is 12.1 Å². The minimum Gasteiger partial charge on any atom is -0.479 e. The van der Waals surface area contributed by atoms with Crippen molar-refractivity contribution in [3.8, 4) is 0 Å². The second-order valence-electron chi connectivity index (χ2n) is 6.51. The lowest BCUT2D eigenvalue weighted by molar-refractivity contribution is -0.149. The molecule has 0 amide bonds. The van der Waals surface area contributed by atoms with E-state index >= 15 is 0 Å². The Hall–Kier alpha value is -0.610. The molecule has 1 aliphatic heterocycles. The van der Waals surface area contributed by atoms with Crippen LogP contribution in [0.25, 0.3) is 0 Å². The van der Waals surface area contributed by atoms with E-state index in [4.69, 9.17) is 9.84 Å². The zero-order valence-electron chi connectivity index (χ0n) is 11.4. The second-order valence-corrected chi connectivity index (χ2v) is 6.51. The number of carboxylic acid groups (broad SMARTS) is 1. The van der Waals surface area contributed by atoms with Crippen molar-refractivity contribution >= 4 is 5.97 Å². The minimum atomic E-state index is -0.822. The van der Waals surface area contributed by atoms with Crippen molar-refractivity contribution in [1.82, 2.24) is 5.32 Å². The Morgan fingerprint density at radius 1 is 1.28 bits per heavy atom. The molecule has 1 heterocycles. The summed E-state index contributed by atoms with van der Waals surface area (Å²) < 4.78 is 5.49. The molecule has 0 aromatic carbocycles. The highest BCUT2D eigenvalue weighted by Gasteiger charge is 2.31. The van der Waals surface area contributed by atoms with Crippen LogP contribution in [-0.2, 0) is 9.53 Å². The topological polar surface area (TPSA) is 58.6 Å². The smallest absolute Gasteiger partial charge is 0.332 e. The number of aliphatic carboxylic acids is 1. The monoisotopic (exact) mass is 255 g/mol. The van der Waals surface area contributed by atoms with Crippen LogP contribution in [0.3, 0.4) is 0 Å². The molecule has 2 fully saturated rings. The molecule has 104 valence electrons. The number of carbonyl (C=O) groups is 1. The van der Waals surface area contributed by atoms with Gasteiger partial charge in [-0.3, -0.25) is 0 Å². The Morgan fingerprint density at radius 2 is 1.94 bits per heavy atom. The van der Waals surface area contributed by atoms with Crippen molar-refractivity contribution < 1.29 is 14.6 Å². The van der Waals surface area contributed by atoms with Crippen LogP contribution >= 0.6 is 0 Å². The Balaban J connectivity index is 1.66. The molecule has 1 saturated carbocycles. The largest absolute Gasteiger partial charge is 0.479 e. The maximum Gasteiger partial charge on any atom is 0.332 e. The van der Waals surface area contributed by atoms with E-state index in [2.05, 4.69) is 19.2 Å². The Kier molecular flexibility index (Phi) is 4.28. The maximum atomic E-state index is 10.8. The van der Waals surface area contributed by atoms with Crippen molar-refractivity contribution in [3.63, 3.8) is 0 Å². The average molecular weight is 255 g/mol. The first-order chi connectivity index (χ1) is 8.46. The van der Waals surface area contributed by atoms with Crippen molar-refractivity contribution in [2.24, 2.45) is 5.41 Å². The maximum absolute atomic E-state index is 10.8. The highest BCUT2D eigenvalue weighted by Crippen LogP contribution is 2.35. The van der Waals surface area contributed by atoms with Crippen LogP contribution in [0.2, 0.25) is 0 Å². The van der Waals surface area contributed by atoms with Gasteiger partial charge in [0, 0.05) is 12.6 Å². The van der Waals surface area contributed by atoms with Crippen molar-refractivity contribution in [1.29, 1.82) is 0 Å². The molecule has 4 nitrogen and oxygen atoms in total. The van der Waals surface area contributed by atoms with E-state index in [1.807, 2.05) is 0 Å². The molecule has 0 spiro atoms. The molecule has 2 aliphatic rings. The summed E-state index contributed by atoms with van der Waals surface area (Å²) in [6.07, 6.45) is 6.01. The molecule has 0 bridgehead atoms. The quantitative estimate of drug-likeness (QED) is 0.808. The summed E-state index contributed by atoms with van der Waals surface area (Å²) in [5.74, 6) is -0.822. The fourth-order valence-corrected chi connectivity index (χ4v) is 2.94. The van der Waals surface area contributed by atoms with E-state index in [0.717, 1.165) is 13.0 Å². The van der Waals surface area contributed by atoms with Gasteiger partial charge >= 0.3 is 5.97 Å². The molecule has 0 aromatic heterocycles. The van der Waals surface area contributed by atoms with E-state index in [0.29, 0.717) is 17.9 Å². The molecule has 0 radical (unpaired) electrons. The third-order valence-corrected chi connectivity index (χ3v) is 4.36. The standard InChI is InChI=1S/C14H25NO3/c1-14(2)7-5-10(6-8-14)15-9-11-3-4-12(18-11)13(16)17/h10-12,15H,3-9H2,1-2H3,(H,16,17). The first kappa shape index (κ1) is 13.8. The molecule has 4 heteroatoms. The fourth-order valence-electron chi connectivity index (χ4n) is 2.94. The molecule has 18 heavy (non-hydrogen) atoms. The van der Waals surface area contributed by atoms with E-state index in [-0.39, 0.29) is 6.10 Å². The molecule has 2 N–H and O–H groups in total. The molecular weight excluding hydrogens is 230 g/mol. The van der Waals surface area contributed by atoms with E-state index in [1.165, 1.54) is 25.7 Å². The summed E-state index contributed by atoms with van der Waals surface area (Å²) in [4.78, 5) is 10.8. The van der Waals surface area contributed by atoms with E-state index in [9.17, 15) is 4.79 Å². The number of carboxylic acids is 1. The minimum absolute atomic E-state index is 0.0843. The van der Waals surface area contributed by atoms with Crippen molar-refractivity contribution in [2.45, 2.75) is 70.6 Å². The normalized spacial score (nSPS) is 32.6. The molecule has 2 unspecified atom stereocenters. The third kappa shape index (κ3) is 3.69. The summed E-state index contributed by atoms with van der Waals surface area (Å²) in [7, 11) is 0. The van der Waals surface area contributed by atoms with Crippen LogP contribution in [0.5, 0.6) is 0 Å². The first-order valence-corrected chi connectivity index (χ1v) is 7.08. The molecular formula is C14H25NO3. The summed E-state index contributed by atoms with van der Waals surface area (Å²) >= 11 is 0. The van der Waals surface area contributed by atoms with Crippen LogP contribution in [0.1, 0.15) is 52.4 Å². The molecule has 0 aromatic rings. The van der Waals surface area contributed by atoms with Gasteiger partial charge in [-0.2, -0.15) is 0 Å². The number of hydrogen-bond donors (Lipinski definition) is 2. The summed E-state index contributed by atoms with van der Waals surface area (Å²) in [6, 6.07) is 0.588. The molecule has 2 atom stereocenters. The molecule has 2 rings (SSSR count). The van der Waals surface area contributed by atoms with Gasteiger partial charge in [-0.25, -0.2) is 4.79 Å². The van der Waals surface area contributed by atoms with Gasteiger partial charge in [-0.1, -0.05) is 13.8 Å². The molecule has 1 saturated heterocycles. The number of hydrogen-bond acceptors (Lipinski definition) is 3. The van der Waals surface area contributed by atoms with Gasteiger partial charge in [0.2, 0.25) is 0 Å². The summed E-state index contributed by atoms with van der Waals surface area (Å²) in [5, 5.41) is 12.4. The van der Waals surface area contributed by atoms with Crippen molar-refractivity contribution in [2.75, 3.05) is 6.54 Å². The van der Waals surface area contributed by atoms with Crippen LogP contribution in [0.15, 0.2) is 0 Å². The SMILES string of the molecule is CC1(C)CCC(NCC2CCC(C(=O)O)O2)CC1. The predicted molar refractivity (Wildman–Crippen MR) is 69.6 cm³/mol. The van der Waals surface area contributed by atoms with Gasteiger partial charge in [0.05, 0.1) is 6.10 Å². The average Bonchev–Trinajstić information content (AvgIpc) is 2.76. The highest BCUT2D eigenvalue weighted by atomic mass is 16.5. The second kappa shape index (κ2) is 5.57.